The molecule has 0 aliphatic carbocycles. The molecule has 3 atom stereocenters. The Bertz CT molecular complexity index is 1170. The minimum atomic E-state index is -4.62. The number of fused-ring (bicyclic) bond motifs is 1. The lowest BCUT2D eigenvalue weighted by molar-refractivity contribution is -0.161. The summed E-state index contributed by atoms with van der Waals surface area (Å²) in [4.78, 5) is 28.4. The molecule has 11 heteroatoms. The van der Waals surface area contributed by atoms with Gasteiger partial charge < -0.3 is 15.5 Å². The first-order chi connectivity index (χ1) is 16.5. The van der Waals surface area contributed by atoms with Gasteiger partial charge in [0.2, 0.25) is 0 Å². The molecular formula is C24H25BrF3N5O2. The van der Waals surface area contributed by atoms with Crippen molar-refractivity contribution in [2.75, 3.05) is 19.4 Å². The van der Waals surface area contributed by atoms with Gasteiger partial charge in [0.1, 0.15) is 17.8 Å². The van der Waals surface area contributed by atoms with Crippen molar-refractivity contribution in [1.29, 1.82) is 0 Å². The molecule has 2 aromatic carbocycles. The molecule has 2 aliphatic heterocycles. The zero-order chi connectivity index (χ0) is 25.5. The number of amides is 2. The monoisotopic (exact) mass is 551 g/mol. The van der Waals surface area contributed by atoms with Crippen LogP contribution in [-0.2, 0) is 16.1 Å². The minimum absolute atomic E-state index is 0.211. The summed E-state index contributed by atoms with van der Waals surface area (Å²) in [5.74, 6) is -2.63. The number of hydrogen-bond acceptors (Lipinski definition) is 5. The van der Waals surface area contributed by atoms with Crippen molar-refractivity contribution < 1.29 is 22.8 Å². The van der Waals surface area contributed by atoms with Crippen LogP contribution in [0.5, 0.6) is 0 Å². The molecular weight excluding hydrogens is 527 g/mol. The lowest BCUT2D eigenvalue weighted by Gasteiger charge is -2.34. The van der Waals surface area contributed by atoms with E-state index in [1.165, 1.54) is 6.92 Å². The van der Waals surface area contributed by atoms with Gasteiger partial charge in [0, 0.05) is 22.4 Å². The number of nitrogens with one attached hydrogen (secondary N) is 3. The average Bonchev–Trinajstić information content (AvgIpc) is 3.13. The van der Waals surface area contributed by atoms with Crippen LogP contribution in [0.25, 0.3) is 0 Å². The molecule has 1 saturated heterocycles. The normalized spacial score (nSPS) is 22.3. The highest BCUT2D eigenvalue weighted by atomic mass is 79.9. The standard InChI is InChI=1S/C24H25BrF3N5O2/c1-13-18(22(34)30-17-10-14(12-32(2)3)9-16(25)11-17)23(35)33-21(29-13)19(15-7-5-4-6-8-15)20(31-33)24(26,27)28/h4-11,19-21,29,31H,12H2,1-3H3,(H,30,34). The van der Waals surface area contributed by atoms with Gasteiger partial charge in [-0.25, -0.2) is 10.4 Å². The Morgan fingerprint density at radius 1 is 1.17 bits per heavy atom. The van der Waals surface area contributed by atoms with Gasteiger partial charge in [-0.3, -0.25) is 9.59 Å². The fourth-order valence-corrected chi connectivity index (χ4v) is 5.07. The lowest BCUT2D eigenvalue weighted by Crippen LogP contribution is -2.56. The Morgan fingerprint density at radius 3 is 2.49 bits per heavy atom. The van der Waals surface area contributed by atoms with Gasteiger partial charge in [0.05, 0.1) is 5.92 Å². The molecule has 2 aliphatic rings. The summed E-state index contributed by atoms with van der Waals surface area (Å²) >= 11 is 3.42. The second-order valence-corrected chi connectivity index (χ2v) is 9.80. The molecule has 3 N–H and O–H groups in total. The zero-order valence-corrected chi connectivity index (χ0v) is 20.9. The van der Waals surface area contributed by atoms with Crippen molar-refractivity contribution in [1.82, 2.24) is 20.7 Å². The molecule has 3 unspecified atom stereocenters. The maximum Gasteiger partial charge on any atom is 0.406 e. The molecule has 0 saturated carbocycles. The van der Waals surface area contributed by atoms with E-state index in [1.54, 1.807) is 42.5 Å². The van der Waals surface area contributed by atoms with Crippen molar-refractivity contribution in [3.63, 3.8) is 0 Å². The van der Waals surface area contributed by atoms with Crippen LogP contribution in [0.1, 0.15) is 24.0 Å². The third-order valence-corrected chi connectivity index (χ3v) is 6.36. The second-order valence-electron chi connectivity index (χ2n) is 8.89. The predicted octanol–water partition coefficient (Wildman–Crippen LogP) is 3.71. The quantitative estimate of drug-likeness (QED) is 0.494. The Morgan fingerprint density at radius 2 is 1.86 bits per heavy atom. The number of hydrogen-bond donors (Lipinski definition) is 3. The largest absolute Gasteiger partial charge is 0.406 e. The molecule has 2 aromatic rings. The van der Waals surface area contributed by atoms with Crippen molar-refractivity contribution in [2.24, 2.45) is 0 Å². The van der Waals surface area contributed by atoms with Crippen LogP contribution < -0.4 is 16.1 Å². The fourth-order valence-electron chi connectivity index (χ4n) is 4.53. The smallest absolute Gasteiger partial charge is 0.366 e. The zero-order valence-electron chi connectivity index (χ0n) is 19.3. The van der Waals surface area contributed by atoms with Crippen molar-refractivity contribution in [3.05, 3.63) is 75.4 Å². The van der Waals surface area contributed by atoms with Crippen LogP contribution >= 0.6 is 15.9 Å². The molecule has 35 heavy (non-hydrogen) atoms. The lowest BCUT2D eigenvalue weighted by atomic mass is 9.89. The topological polar surface area (TPSA) is 76.7 Å². The number of nitrogens with zero attached hydrogens (tertiary/aromatic N) is 2. The number of benzene rings is 2. The summed E-state index contributed by atoms with van der Waals surface area (Å²) in [7, 11) is 3.83. The highest BCUT2D eigenvalue weighted by Gasteiger charge is 2.58. The number of halogens is 4. The van der Waals surface area contributed by atoms with Gasteiger partial charge >= 0.3 is 6.18 Å². The molecule has 1 fully saturated rings. The van der Waals surface area contributed by atoms with E-state index in [4.69, 9.17) is 0 Å². The maximum absolute atomic E-state index is 13.9. The summed E-state index contributed by atoms with van der Waals surface area (Å²) in [5, 5.41) is 6.56. The van der Waals surface area contributed by atoms with Crippen LogP contribution in [-0.4, -0.2) is 54.2 Å². The van der Waals surface area contributed by atoms with E-state index >= 15 is 0 Å². The molecule has 0 radical (unpaired) electrons. The number of carbonyl (C=O) groups excluding carboxylic acids is 2. The molecule has 0 bridgehead atoms. The maximum atomic E-state index is 13.9. The van der Waals surface area contributed by atoms with E-state index < -0.39 is 36.1 Å². The van der Waals surface area contributed by atoms with Crippen LogP contribution in [0.15, 0.2) is 64.3 Å². The van der Waals surface area contributed by atoms with Crippen molar-refractivity contribution >= 4 is 33.4 Å². The van der Waals surface area contributed by atoms with Crippen LogP contribution in [0, 0.1) is 0 Å². The Kier molecular flexibility index (Phi) is 6.94. The summed E-state index contributed by atoms with van der Waals surface area (Å²) < 4.78 is 42.6. The summed E-state index contributed by atoms with van der Waals surface area (Å²) in [6, 6.07) is 11.6. The van der Waals surface area contributed by atoms with Gasteiger partial charge in [-0.15, -0.1) is 0 Å². The first-order valence-corrected chi connectivity index (χ1v) is 11.7. The summed E-state index contributed by atoms with van der Waals surface area (Å²) in [5.41, 5.74) is 4.09. The Hall–Kier alpha value is -2.89. The van der Waals surface area contributed by atoms with E-state index in [0.29, 0.717) is 17.8 Å². The Balaban J connectivity index is 1.63. The molecule has 7 nitrogen and oxygen atoms in total. The number of alkyl halides is 3. The highest BCUT2D eigenvalue weighted by Crippen LogP contribution is 2.41. The van der Waals surface area contributed by atoms with E-state index in [2.05, 4.69) is 32.0 Å². The third-order valence-electron chi connectivity index (χ3n) is 5.91. The van der Waals surface area contributed by atoms with E-state index in [9.17, 15) is 22.8 Å². The van der Waals surface area contributed by atoms with Crippen LogP contribution in [0.3, 0.4) is 0 Å². The molecule has 0 aromatic heterocycles. The van der Waals surface area contributed by atoms with Gasteiger partial charge in [-0.1, -0.05) is 46.3 Å². The van der Waals surface area contributed by atoms with E-state index in [-0.39, 0.29) is 11.3 Å². The minimum Gasteiger partial charge on any atom is -0.366 e. The third kappa shape index (κ3) is 5.21. The summed E-state index contributed by atoms with van der Waals surface area (Å²) in [6.07, 6.45) is -5.62. The fraction of sp³-hybridized carbons (Fsp3) is 0.333. The number of anilines is 1. The molecule has 0 spiro atoms. The second kappa shape index (κ2) is 9.63. The molecule has 2 amide bonds. The predicted molar refractivity (Wildman–Crippen MR) is 129 cm³/mol. The average molecular weight is 552 g/mol. The highest BCUT2D eigenvalue weighted by molar-refractivity contribution is 9.10. The SMILES string of the molecule is CC1=C(C(=O)Nc2cc(Br)cc(CN(C)C)c2)C(=O)N2NC(C(F)(F)F)C(c3ccccc3)C2N1. The number of allylic oxidation sites excluding steroid dienone is 1. The van der Waals surface area contributed by atoms with Crippen molar-refractivity contribution in [3.8, 4) is 0 Å². The van der Waals surface area contributed by atoms with Gasteiger partial charge in [0.25, 0.3) is 11.8 Å². The van der Waals surface area contributed by atoms with E-state index in [0.717, 1.165) is 15.0 Å². The van der Waals surface area contributed by atoms with E-state index in [1.807, 2.05) is 25.1 Å². The molecule has 4 rings (SSSR count). The number of hydrazine groups is 1. The van der Waals surface area contributed by atoms with Crippen LogP contribution in [0.2, 0.25) is 0 Å². The Labute approximate surface area is 209 Å². The van der Waals surface area contributed by atoms with Crippen LogP contribution in [0.4, 0.5) is 18.9 Å². The molecule has 2 heterocycles. The van der Waals surface area contributed by atoms with Crippen molar-refractivity contribution in [2.45, 2.75) is 37.8 Å². The van der Waals surface area contributed by atoms with Gasteiger partial charge in [-0.2, -0.15) is 13.2 Å². The van der Waals surface area contributed by atoms with Gasteiger partial charge in [0.15, 0.2) is 0 Å². The number of rotatable bonds is 5. The first-order valence-electron chi connectivity index (χ1n) is 10.9. The number of carbonyl (C=O) groups is 2. The molecule has 186 valence electrons. The van der Waals surface area contributed by atoms with Gasteiger partial charge in [-0.05, 0) is 50.3 Å². The summed E-state index contributed by atoms with van der Waals surface area (Å²) in [6.45, 7) is 2.15. The first kappa shape index (κ1) is 25.2.